The number of nitrogens with two attached hydrogens (primary N) is 1. The van der Waals surface area contributed by atoms with Crippen molar-refractivity contribution in [2.24, 2.45) is 11.7 Å². The lowest BCUT2D eigenvalue weighted by atomic mass is 9.95. The molecule has 1 aromatic heterocycles. The van der Waals surface area contributed by atoms with Crippen LogP contribution in [0.25, 0.3) is 0 Å². The zero-order valence-corrected chi connectivity index (χ0v) is 10.0. The molecule has 1 fully saturated rings. The molecule has 0 saturated heterocycles. The van der Waals surface area contributed by atoms with Crippen molar-refractivity contribution in [3.05, 3.63) is 21.9 Å². The molecule has 0 amide bonds. The van der Waals surface area contributed by atoms with Gasteiger partial charge in [0.1, 0.15) is 0 Å². The van der Waals surface area contributed by atoms with Gasteiger partial charge in [0.2, 0.25) is 0 Å². The van der Waals surface area contributed by atoms with Gasteiger partial charge >= 0.3 is 0 Å². The van der Waals surface area contributed by atoms with E-state index < -0.39 is 0 Å². The van der Waals surface area contributed by atoms with Gasteiger partial charge in [-0.1, -0.05) is 20.8 Å². The lowest BCUT2D eigenvalue weighted by Gasteiger charge is -2.15. The van der Waals surface area contributed by atoms with Crippen LogP contribution in [-0.4, -0.2) is 6.54 Å². The molecule has 1 aromatic rings. The number of rotatable bonds is 2. The van der Waals surface area contributed by atoms with Crippen LogP contribution in [0.3, 0.4) is 0 Å². The Hall–Kier alpha value is -0.340. The zero-order chi connectivity index (χ0) is 10.3. The van der Waals surface area contributed by atoms with Crippen LogP contribution in [0, 0.1) is 5.92 Å². The van der Waals surface area contributed by atoms with Crippen molar-refractivity contribution in [2.75, 3.05) is 6.54 Å². The standard InChI is InChI=1S/C12H19NS/c1-12(2,3)11-5-4-10(14-11)9-6-8(9)7-13/h4-5,8-9H,6-7,13H2,1-3H3. The molecule has 1 heterocycles. The smallest absolute Gasteiger partial charge is 0.0102 e. The summed E-state index contributed by atoms with van der Waals surface area (Å²) in [5.74, 6) is 1.54. The Bertz CT molecular complexity index is 321. The maximum atomic E-state index is 5.66. The summed E-state index contributed by atoms with van der Waals surface area (Å²) in [6.45, 7) is 7.68. The third-order valence-corrected chi connectivity index (χ3v) is 4.60. The molecule has 1 saturated carbocycles. The molecule has 0 spiro atoms. The lowest BCUT2D eigenvalue weighted by molar-refractivity contribution is 0.604. The van der Waals surface area contributed by atoms with Gasteiger partial charge in [-0.15, -0.1) is 11.3 Å². The molecule has 0 bridgehead atoms. The van der Waals surface area contributed by atoms with Crippen LogP contribution in [-0.2, 0) is 5.41 Å². The van der Waals surface area contributed by atoms with Gasteiger partial charge in [0, 0.05) is 9.75 Å². The quantitative estimate of drug-likeness (QED) is 0.795. The Balaban J connectivity index is 2.12. The minimum atomic E-state index is 0.302. The molecule has 2 unspecified atom stereocenters. The van der Waals surface area contributed by atoms with Crippen LogP contribution in [0.4, 0.5) is 0 Å². The van der Waals surface area contributed by atoms with E-state index in [0.717, 1.165) is 18.4 Å². The second-order valence-electron chi connectivity index (χ2n) is 5.29. The van der Waals surface area contributed by atoms with E-state index in [-0.39, 0.29) is 0 Å². The first kappa shape index (κ1) is 10.2. The van der Waals surface area contributed by atoms with Crippen LogP contribution < -0.4 is 5.73 Å². The molecule has 0 radical (unpaired) electrons. The van der Waals surface area contributed by atoms with Crippen LogP contribution in [0.15, 0.2) is 12.1 Å². The monoisotopic (exact) mass is 209 g/mol. The van der Waals surface area contributed by atoms with Crippen molar-refractivity contribution < 1.29 is 0 Å². The average molecular weight is 209 g/mol. The molecular formula is C12H19NS. The van der Waals surface area contributed by atoms with Gasteiger partial charge in [0.25, 0.3) is 0 Å². The van der Waals surface area contributed by atoms with Gasteiger partial charge in [0.05, 0.1) is 0 Å². The van der Waals surface area contributed by atoms with Crippen LogP contribution in [0.1, 0.15) is 42.9 Å². The topological polar surface area (TPSA) is 26.0 Å². The summed E-state index contributed by atoms with van der Waals surface area (Å²) in [6, 6.07) is 4.58. The highest BCUT2D eigenvalue weighted by atomic mass is 32.1. The third kappa shape index (κ3) is 1.86. The van der Waals surface area contributed by atoms with Crippen LogP contribution >= 0.6 is 11.3 Å². The van der Waals surface area contributed by atoms with Gasteiger partial charge in [-0.2, -0.15) is 0 Å². The predicted molar refractivity (Wildman–Crippen MR) is 62.9 cm³/mol. The van der Waals surface area contributed by atoms with Gasteiger partial charge in [0.15, 0.2) is 0 Å². The minimum Gasteiger partial charge on any atom is -0.330 e. The summed E-state index contributed by atoms with van der Waals surface area (Å²) in [4.78, 5) is 3.04. The van der Waals surface area contributed by atoms with Gasteiger partial charge in [-0.25, -0.2) is 0 Å². The first-order chi connectivity index (χ1) is 6.52. The average Bonchev–Trinajstić information content (AvgIpc) is 2.71. The summed E-state index contributed by atoms with van der Waals surface area (Å²) >= 11 is 1.97. The highest BCUT2D eigenvalue weighted by Crippen LogP contribution is 2.49. The first-order valence-corrected chi connectivity index (χ1v) is 6.14. The molecule has 78 valence electrons. The SMILES string of the molecule is CC(C)(C)c1ccc(C2CC2CN)s1. The summed E-state index contributed by atoms with van der Waals surface area (Å²) < 4.78 is 0. The summed E-state index contributed by atoms with van der Waals surface area (Å²) in [6.07, 6.45) is 1.31. The van der Waals surface area contributed by atoms with Crippen molar-refractivity contribution in [1.29, 1.82) is 0 Å². The van der Waals surface area contributed by atoms with Crippen LogP contribution in [0.5, 0.6) is 0 Å². The Morgan fingerprint density at radius 1 is 1.43 bits per heavy atom. The highest BCUT2D eigenvalue weighted by Gasteiger charge is 2.38. The minimum absolute atomic E-state index is 0.302. The summed E-state index contributed by atoms with van der Waals surface area (Å²) in [7, 11) is 0. The Morgan fingerprint density at radius 3 is 2.57 bits per heavy atom. The van der Waals surface area contributed by atoms with Crippen molar-refractivity contribution >= 4 is 11.3 Å². The molecule has 2 N–H and O–H groups in total. The normalized spacial score (nSPS) is 26.6. The molecule has 0 aliphatic heterocycles. The second-order valence-corrected chi connectivity index (χ2v) is 6.41. The fraction of sp³-hybridized carbons (Fsp3) is 0.667. The van der Waals surface area contributed by atoms with E-state index >= 15 is 0 Å². The molecule has 1 aliphatic carbocycles. The molecule has 2 atom stereocenters. The summed E-state index contributed by atoms with van der Waals surface area (Å²) in [5.41, 5.74) is 5.96. The van der Waals surface area contributed by atoms with E-state index in [9.17, 15) is 0 Å². The Morgan fingerprint density at radius 2 is 2.14 bits per heavy atom. The third-order valence-electron chi connectivity index (χ3n) is 2.96. The van der Waals surface area contributed by atoms with E-state index in [4.69, 9.17) is 5.73 Å². The lowest BCUT2D eigenvalue weighted by Crippen LogP contribution is -2.07. The van der Waals surface area contributed by atoms with Crippen LogP contribution in [0.2, 0.25) is 0 Å². The molecule has 1 aliphatic rings. The van der Waals surface area contributed by atoms with Gasteiger partial charge in [-0.3, -0.25) is 0 Å². The number of hydrogen-bond acceptors (Lipinski definition) is 2. The Labute approximate surface area is 90.3 Å². The predicted octanol–water partition coefficient (Wildman–Crippen LogP) is 3.11. The van der Waals surface area contributed by atoms with Crippen molar-refractivity contribution in [3.63, 3.8) is 0 Å². The number of thiophene rings is 1. The zero-order valence-electron chi connectivity index (χ0n) is 9.21. The summed E-state index contributed by atoms with van der Waals surface area (Å²) in [5, 5.41) is 0. The molecule has 2 rings (SSSR count). The fourth-order valence-electron chi connectivity index (χ4n) is 1.81. The maximum absolute atomic E-state index is 5.66. The largest absolute Gasteiger partial charge is 0.330 e. The molecule has 1 nitrogen and oxygen atoms in total. The van der Waals surface area contributed by atoms with E-state index in [0.29, 0.717) is 5.41 Å². The molecule has 2 heteroatoms. The molecule has 0 aromatic carbocycles. The van der Waals surface area contributed by atoms with E-state index in [1.807, 2.05) is 11.3 Å². The molecule has 14 heavy (non-hydrogen) atoms. The van der Waals surface area contributed by atoms with E-state index in [1.165, 1.54) is 11.3 Å². The van der Waals surface area contributed by atoms with E-state index in [2.05, 4.69) is 32.9 Å². The van der Waals surface area contributed by atoms with Gasteiger partial charge < -0.3 is 5.73 Å². The second kappa shape index (κ2) is 3.35. The maximum Gasteiger partial charge on any atom is 0.0102 e. The van der Waals surface area contributed by atoms with Crippen molar-refractivity contribution in [3.8, 4) is 0 Å². The fourth-order valence-corrected chi connectivity index (χ4v) is 3.08. The highest BCUT2D eigenvalue weighted by molar-refractivity contribution is 7.12. The Kier molecular flexibility index (Phi) is 2.44. The first-order valence-electron chi connectivity index (χ1n) is 5.32. The van der Waals surface area contributed by atoms with E-state index in [1.54, 1.807) is 4.88 Å². The van der Waals surface area contributed by atoms with Gasteiger partial charge in [-0.05, 0) is 42.3 Å². The molecular weight excluding hydrogens is 190 g/mol. The number of hydrogen-bond donors (Lipinski definition) is 1. The van der Waals surface area contributed by atoms with Crippen molar-refractivity contribution in [1.82, 2.24) is 0 Å². The van der Waals surface area contributed by atoms with Crippen molar-refractivity contribution in [2.45, 2.75) is 38.5 Å².